The van der Waals surface area contributed by atoms with Gasteiger partial charge in [0.05, 0.1) is 5.75 Å². The molecule has 4 nitrogen and oxygen atoms in total. The van der Waals surface area contributed by atoms with Gasteiger partial charge in [-0.25, -0.2) is 8.78 Å². The summed E-state index contributed by atoms with van der Waals surface area (Å²) < 4.78 is 26.2. The summed E-state index contributed by atoms with van der Waals surface area (Å²) in [5, 5.41) is 13.7. The van der Waals surface area contributed by atoms with E-state index in [1.165, 1.54) is 48.2 Å². The predicted octanol–water partition coefficient (Wildman–Crippen LogP) is 5.31. The van der Waals surface area contributed by atoms with Gasteiger partial charge in [0.2, 0.25) is 5.91 Å². The van der Waals surface area contributed by atoms with Crippen LogP contribution in [0.5, 0.6) is 0 Å². The highest BCUT2D eigenvalue weighted by atomic mass is 32.2. The third-order valence-corrected chi connectivity index (χ3v) is 5.22. The zero-order chi connectivity index (χ0) is 20.2. The van der Waals surface area contributed by atoms with Crippen molar-refractivity contribution in [2.24, 2.45) is 0 Å². The minimum atomic E-state index is -0.361. The van der Waals surface area contributed by atoms with Crippen molar-refractivity contribution >= 4 is 34.1 Å². The molecule has 0 bridgehead atoms. The van der Waals surface area contributed by atoms with Gasteiger partial charge in [0.25, 0.3) is 0 Å². The summed E-state index contributed by atoms with van der Waals surface area (Å²) in [5.41, 5.74) is 1.95. The van der Waals surface area contributed by atoms with Gasteiger partial charge in [-0.15, -0.1) is 10.2 Å². The average molecular weight is 407 g/mol. The quantitative estimate of drug-likeness (QED) is 0.456. The lowest BCUT2D eigenvalue weighted by Crippen LogP contribution is -2.14. The van der Waals surface area contributed by atoms with Gasteiger partial charge in [-0.05, 0) is 48.5 Å². The number of fused-ring (bicyclic) bond motifs is 1. The van der Waals surface area contributed by atoms with Gasteiger partial charge in [-0.1, -0.05) is 36.0 Å². The number of hydrogen-bond acceptors (Lipinski definition) is 4. The maximum Gasteiger partial charge on any atom is 0.234 e. The van der Waals surface area contributed by atoms with Crippen molar-refractivity contribution < 1.29 is 13.6 Å². The molecule has 4 rings (SSSR count). The molecule has 144 valence electrons. The Morgan fingerprint density at radius 3 is 2.14 bits per heavy atom. The highest BCUT2D eigenvalue weighted by Gasteiger charge is 2.13. The van der Waals surface area contributed by atoms with Crippen LogP contribution in [0.1, 0.15) is 0 Å². The number of aromatic nitrogens is 2. The Morgan fingerprint density at radius 1 is 0.828 bits per heavy atom. The standard InChI is InChI=1S/C22H15F2N3OS/c23-15-7-5-14(6-8-15)21-18-3-1-2-4-19(18)22(27-26-21)29-13-20(28)25-17-11-9-16(24)10-12-17/h1-12H,13H2,(H,25,28). The molecule has 0 saturated carbocycles. The van der Waals surface area contributed by atoms with E-state index in [-0.39, 0.29) is 23.3 Å². The third-order valence-electron chi connectivity index (χ3n) is 4.24. The summed E-state index contributed by atoms with van der Waals surface area (Å²) in [5.74, 6) is -0.771. The van der Waals surface area contributed by atoms with Crippen molar-refractivity contribution in [1.82, 2.24) is 10.2 Å². The van der Waals surface area contributed by atoms with Gasteiger partial charge in [0.15, 0.2) is 0 Å². The van der Waals surface area contributed by atoms with E-state index in [2.05, 4.69) is 15.5 Å². The summed E-state index contributed by atoms with van der Waals surface area (Å²) >= 11 is 1.27. The molecule has 1 heterocycles. The van der Waals surface area contributed by atoms with Gasteiger partial charge in [-0.2, -0.15) is 0 Å². The Morgan fingerprint density at radius 2 is 1.45 bits per heavy atom. The maximum atomic E-state index is 13.2. The van der Waals surface area contributed by atoms with Gasteiger partial charge in [0, 0.05) is 22.0 Å². The van der Waals surface area contributed by atoms with Gasteiger partial charge in [0.1, 0.15) is 22.4 Å². The number of thioether (sulfide) groups is 1. The highest BCUT2D eigenvalue weighted by molar-refractivity contribution is 8.00. The number of benzene rings is 3. The third kappa shape index (κ3) is 4.41. The maximum absolute atomic E-state index is 13.2. The van der Waals surface area contributed by atoms with Crippen LogP contribution in [0.2, 0.25) is 0 Å². The fourth-order valence-electron chi connectivity index (χ4n) is 2.87. The normalized spacial score (nSPS) is 10.8. The van der Waals surface area contributed by atoms with E-state index in [0.29, 0.717) is 16.4 Å². The molecule has 0 fully saturated rings. The van der Waals surface area contributed by atoms with E-state index in [0.717, 1.165) is 16.3 Å². The summed E-state index contributed by atoms with van der Waals surface area (Å²) in [6.07, 6.45) is 0. The Labute approximate surface area is 170 Å². The first-order valence-corrected chi connectivity index (χ1v) is 9.78. The molecule has 0 aliphatic rings. The van der Waals surface area contributed by atoms with E-state index in [1.54, 1.807) is 12.1 Å². The number of nitrogens with zero attached hydrogens (tertiary/aromatic N) is 2. The number of carbonyl (C=O) groups excluding carboxylic acids is 1. The number of anilines is 1. The zero-order valence-corrected chi connectivity index (χ0v) is 15.9. The van der Waals surface area contributed by atoms with Gasteiger partial charge in [-0.3, -0.25) is 4.79 Å². The Balaban J connectivity index is 1.55. The lowest BCUT2D eigenvalue weighted by molar-refractivity contribution is -0.113. The van der Waals surface area contributed by atoms with Crippen LogP contribution in [0.3, 0.4) is 0 Å². The van der Waals surface area contributed by atoms with Crippen LogP contribution in [0.15, 0.2) is 77.8 Å². The van der Waals surface area contributed by atoms with Crippen molar-refractivity contribution in [3.63, 3.8) is 0 Å². The summed E-state index contributed by atoms with van der Waals surface area (Å²) in [6, 6.07) is 19.3. The summed E-state index contributed by atoms with van der Waals surface area (Å²) in [4.78, 5) is 12.2. The fourth-order valence-corrected chi connectivity index (χ4v) is 3.64. The highest BCUT2D eigenvalue weighted by Crippen LogP contribution is 2.31. The van der Waals surface area contributed by atoms with Crippen LogP contribution >= 0.6 is 11.8 Å². The number of nitrogens with one attached hydrogen (secondary N) is 1. The second-order valence-electron chi connectivity index (χ2n) is 6.25. The van der Waals surface area contributed by atoms with Crippen LogP contribution in [0.25, 0.3) is 22.0 Å². The number of halogens is 2. The van der Waals surface area contributed by atoms with E-state index < -0.39 is 0 Å². The summed E-state index contributed by atoms with van der Waals surface area (Å²) in [7, 11) is 0. The van der Waals surface area contributed by atoms with Crippen LogP contribution < -0.4 is 5.32 Å². The topological polar surface area (TPSA) is 54.9 Å². The van der Waals surface area contributed by atoms with Gasteiger partial charge < -0.3 is 5.32 Å². The molecule has 0 unspecified atom stereocenters. The van der Waals surface area contributed by atoms with E-state index in [9.17, 15) is 13.6 Å². The first kappa shape index (κ1) is 19.0. The van der Waals surface area contributed by atoms with Gasteiger partial charge >= 0.3 is 0 Å². The minimum Gasteiger partial charge on any atom is -0.325 e. The molecule has 29 heavy (non-hydrogen) atoms. The molecule has 4 aromatic rings. The van der Waals surface area contributed by atoms with Crippen molar-refractivity contribution in [3.8, 4) is 11.3 Å². The second-order valence-corrected chi connectivity index (χ2v) is 7.21. The van der Waals surface area contributed by atoms with Crippen molar-refractivity contribution in [1.29, 1.82) is 0 Å². The lowest BCUT2D eigenvalue weighted by Gasteiger charge is -2.09. The molecule has 7 heteroatoms. The smallest absolute Gasteiger partial charge is 0.234 e. The number of amides is 1. The molecular formula is C22H15F2N3OS. The molecule has 1 amide bonds. The van der Waals surface area contributed by atoms with Crippen molar-refractivity contribution in [3.05, 3.63) is 84.4 Å². The molecule has 0 aliphatic heterocycles. The molecule has 0 atom stereocenters. The number of carbonyl (C=O) groups is 1. The van der Waals surface area contributed by atoms with Crippen LogP contribution in [0.4, 0.5) is 14.5 Å². The van der Waals surface area contributed by atoms with E-state index >= 15 is 0 Å². The molecule has 0 saturated heterocycles. The first-order valence-electron chi connectivity index (χ1n) is 8.80. The molecular weight excluding hydrogens is 392 g/mol. The molecule has 0 radical (unpaired) electrons. The largest absolute Gasteiger partial charge is 0.325 e. The van der Waals surface area contributed by atoms with Crippen molar-refractivity contribution in [2.45, 2.75) is 5.03 Å². The zero-order valence-electron chi connectivity index (χ0n) is 15.1. The molecule has 0 spiro atoms. The van der Waals surface area contributed by atoms with E-state index in [4.69, 9.17) is 0 Å². The minimum absolute atomic E-state index is 0.131. The lowest BCUT2D eigenvalue weighted by atomic mass is 10.1. The Bertz CT molecular complexity index is 1170. The van der Waals surface area contributed by atoms with E-state index in [1.807, 2.05) is 24.3 Å². The molecule has 1 aromatic heterocycles. The Kier molecular flexibility index (Phi) is 5.48. The number of rotatable bonds is 5. The SMILES string of the molecule is O=C(CSc1nnc(-c2ccc(F)cc2)c2ccccc12)Nc1ccc(F)cc1. The average Bonchev–Trinajstić information content (AvgIpc) is 2.74. The monoisotopic (exact) mass is 407 g/mol. The first-order chi connectivity index (χ1) is 14.1. The predicted molar refractivity (Wildman–Crippen MR) is 111 cm³/mol. The molecule has 3 aromatic carbocycles. The fraction of sp³-hybridized carbons (Fsp3) is 0.0455. The Hall–Kier alpha value is -3.32. The van der Waals surface area contributed by atoms with Crippen LogP contribution in [-0.2, 0) is 4.79 Å². The van der Waals surface area contributed by atoms with Crippen molar-refractivity contribution in [2.75, 3.05) is 11.1 Å². The van der Waals surface area contributed by atoms with Crippen LogP contribution in [-0.4, -0.2) is 21.9 Å². The van der Waals surface area contributed by atoms with Crippen LogP contribution in [0, 0.1) is 11.6 Å². The molecule has 1 N–H and O–H groups in total. The second kappa shape index (κ2) is 8.36. The summed E-state index contributed by atoms with van der Waals surface area (Å²) in [6.45, 7) is 0. The molecule has 0 aliphatic carbocycles. The number of hydrogen-bond donors (Lipinski definition) is 1.